The molecule has 0 unspecified atom stereocenters. The van der Waals surface area contributed by atoms with Crippen molar-refractivity contribution in [3.63, 3.8) is 0 Å². The number of amides is 2. The van der Waals surface area contributed by atoms with E-state index in [-0.39, 0.29) is 24.3 Å². The van der Waals surface area contributed by atoms with E-state index in [2.05, 4.69) is 5.32 Å². The second-order valence-electron chi connectivity index (χ2n) is 4.47. The number of hydrogen-bond acceptors (Lipinski definition) is 5. The normalized spacial score (nSPS) is 17.6. The first-order valence-electron chi connectivity index (χ1n) is 6.01. The summed E-state index contributed by atoms with van der Waals surface area (Å²) in [6.07, 6.45) is 3.17. The molecule has 0 bridgehead atoms. The third-order valence-corrected chi connectivity index (χ3v) is 3.00. The lowest BCUT2D eigenvalue weighted by Crippen LogP contribution is -2.45. The Kier molecular flexibility index (Phi) is 4.11. The zero-order valence-electron chi connectivity index (χ0n) is 10.1. The molecule has 0 aromatic carbocycles. The second-order valence-corrected chi connectivity index (χ2v) is 4.47. The van der Waals surface area contributed by atoms with Gasteiger partial charge in [-0.2, -0.15) is 0 Å². The molecule has 6 nitrogen and oxygen atoms in total. The van der Waals surface area contributed by atoms with Crippen LogP contribution in [0.25, 0.3) is 0 Å². The molecule has 2 amide bonds. The van der Waals surface area contributed by atoms with Crippen LogP contribution in [-0.2, 0) is 4.79 Å². The van der Waals surface area contributed by atoms with Crippen molar-refractivity contribution in [2.24, 2.45) is 5.73 Å². The number of piperidine rings is 1. The van der Waals surface area contributed by atoms with Crippen LogP contribution in [0.4, 0.5) is 0 Å². The predicted octanol–water partition coefficient (Wildman–Crippen LogP) is -0.0409. The van der Waals surface area contributed by atoms with Crippen LogP contribution in [0, 0.1) is 0 Å². The van der Waals surface area contributed by atoms with Crippen molar-refractivity contribution in [3.05, 3.63) is 24.2 Å². The number of imide groups is 1. The van der Waals surface area contributed by atoms with Gasteiger partial charge in [-0.1, -0.05) is 0 Å². The molecule has 18 heavy (non-hydrogen) atoms. The quantitative estimate of drug-likeness (QED) is 0.787. The van der Waals surface area contributed by atoms with Crippen LogP contribution < -0.4 is 11.1 Å². The fraction of sp³-hybridized carbons (Fsp3) is 0.500. The van der Waals surface area contributed by atoms with Crippen LogP contribution in [0.3, 0.4) is 0 Å². The molecule has 6 heteroatoms. The summed E-state index contributed by atoms with van der Waals surface area (Å²) >= 11 is 0. The average molecular weight is 251 g/mol. The first-order chi connectivity index (χ1) is 8.65. The smallest absolute Gasteiger partial charge is 0.293 e. The predicted molar refractivity (Wildman–Crippen MR) is 64.8 cm³/mol. The lowest BCUT2D eigenvalue weighted by molar-refractivity contribution is -0.121. The molecular weight excluding hydrogens is 234 g/mol. The van der Waals surface area contributed by atoms with Gasteiger partial charge in [-0.05, 0) is 25.0 Å². The molecule has 0 spiro atoms. The fourth-order valence-corrected chi connectivity index (χ4v) is 1.95. The Balaban J connectivity index is 1.77. The SMILES string of the molecule is NC1CCN(CC(=O)NC(=O)c2ccco2)CC1. The van der Waals surface area contributed by atoms with E-state index in [1.807, 2.05) is 4.90 Å². The molecule has 0 atom stereocenters. The Morgan fingerprint density at radius 3 is 2.78 bits per heavy atom. The zero-order valence-corrected chi connectivity index (χ0v) is 10.1. The minimum absolute atomic E-state index is 0.143. The zero-order chi connectivity index (χ0) is 13.0. The van der Waals surface area contributed by atoms with E-state index in [1.54, 1.807) is 6.07 Å². The van der Waals surface area contributed by atoms with Crippen molar-refractivity contribution < 1.29 is 14.0 Å². The lowest BCUT2D eigenvalue weighted by atomic mass is 10.1. The molecule has 2 heterocycles. The van der Waals surface area contributed by atoms with Crippen LogP contribution in [0.2, 0.25) is 0 Å². The van der Waals surface area contributed by atoms with Crippen LogP contribution >= 0.6 is 0 Å². The van der Waals surface area contributed by atoms with E-state index in [1.165, 1.54) is 12.3 Å². The molecule has 0 saturated carbocycles. The van der Waals surface area contributed by atoms with Crippen molar-refractivity contribution in [2.75, 3.05) is 19.6 Å². The Morgan fingerprint density at radius 1 is 1.44 bits per heavy atom. The molecule has 3 N–H and O–H groups in total. The van der Waals surface area contributed by atoms with E-state index in [9.17, 15) is 9.59 Å². The largest absolute Gasteiger partial charge is 0.459 e. The van der Waals surface area contributed by atoms with Crippen molar-refractivity contribution >= 4 is 11.8 Å². The standard InChI is InChI=1S/C12H17N3O3/c13-9-3-5-15(6-4-9)8-11(16)14-12(17)10-2-1-7-18-10/h1-2,7,9H,3-6,8,13H2,(H,14,16,17). The van der Waals surface area contributed by atoms with Gasteiger partial charge in [0, 0.05) is 19.1 Å². The molecule has 1 saturated heterocycles. The molecule has 1 aliphatic heterocycles. The third kappa shape index (κ3) is 3.41. The number of hydrogen-bond donors (Lipinski definition) is 2. The minimum atomic E-state index is -0.501. The van der Waals surface area contributed by atoms with E-state index in [0.717, 1.165) is 25.9 Å². The summed E-state index contributed by atoms with van der Waals surface area (Å²) in [6.45, 7) is 1.81. The Bertz CT molecular complexity index is 408. The van der Waals surface area contributed by atoms with Gasteiger partial charge in [0.1, 0.15) is 0 Å². The number of carbonyl (C=O) groups excluding carboxylic acids is 2. The summed E-state index contributed by atoms with van der Waals surface area (Å²) in [5, 5.41) is 2.30. The second kappa shape index (κ2) is 5.79. The first kappa shape index (κ1) is 12.8. The summed E-state index contributed by atoms with van der Waals surface area (Å²) < 4.78 is 4.91. The first-order valence-corrected chi connectivity index (χ1v) is 6.01. The minimum Gasteiger partial charge on any atom is -0.459 e. The van der Waals surface area contributed by atoms with Crippen LogP contribution in [0.15, 0.2) is 22.8 Å². The van der Waals surface area contributed by atoms with E-state index >= 15 is 0 Å². The average Bonchev–Trinajstić information content (AvgIpc) is 2.85. The maximum Gasteiger partial charge on any atom is 0.293 e. The Hall–Kier alpha value is -1.66. The maximum atomic E-state index is 11.7. The summed E-state index contributed by atoms with van der Waals surface area (Å²) in [7, 11) is 0. The summed E-state index contributed by atoms with van der Waals surface area (Å²) in [6, 6.07) is 3.35. The van der Waals surface area contributed by atoms with E-state index in [4.69, 9.17) is 10.2 Å². The summed E-state index contributed by atoms with van der Waals surface area (Å²) in [5.41, 5.74) is 5.78. The molecule has 1 aromatic heterocycles. The van der Waals surface area contributed by atoms with Crippen molar-refractivity contribution in [3.8, 4) is 0 Å². The van der Waals surface area contributed by atoms with Gasteiger partial charge in [-0.25, -0.2) is 0 Å². The molecule has 1 fully saturated rings. The van der Waals surface area contributed by atoms with Gasteiger partial charge in [0.15, 0.2) is 5.76 Å². The molecule has 0 radical (unpaired) electrons. The highest BCUT2D eigenvalue weighted by molar-refractivity contribution is 6.03. The van der Waals surface area contributed by atoms with Gasteiger partial charge in [-0.3, -0.25) is 19.8 Å². The van der Waals surface area contributed by atoms with E-state index in [0.29, 0.717) is 0 Å². The summed E-state index contributed by atoms with van der Waals surface area (Å²) in [4.78, 5) is 25.2. The highest BCUT2D eigenvalue weighted by Crippen LogP contribution is 2.07. The number of nitrogens with two attached hydrogens (primary N) is 1. The molecule has 0 aliphatic carbocycles. The van der Waals surface area contributed by atoms with Crippen LogP contribution in [-0.4, -0.2) is 42.4 Å². The number of likely N-dealkylation sites (tertiary alicyclic amines) is 1. The number of rotatable bonds is 3. The van der Waals surface area contributed by atoms with Gasteiger partial charge in [0.05, 0.1) is 12.8 Å². The van der Waals surface area contributed by atoms with Gasteiger partial charge < -0.3 is 10.2 Å². The number of nitrogens with one attached hydrogen (secondary N) is 1. The van der Waals surface area contributed by atoms with Crippen LogP contribution in [0.5, 0.6) is 0 Å². The van der Waals surface area contributed by atoms with Crippen LogP contribution in [0.1, 0.15) is 23.4 Å². The topological polar surface area (TPSA) is 88.6 Å². The van der Waals surface area contributed by atoms with Gasteiger partial charge in [0.2, 0.25) is 5.91 Å². The maximum absolute atomic E-state index is 11.7. The monoisotopic (exact) mass is 251 g/mol. The molecule has 1 aromatic rings. The Morgan fingerprint density at radius 2 is 2.17 bits per heavy atom. The van der Waals surface area contributed by atoms with Crippen molar-refractivity contribution in [1.82, 2.24) is 10.2 Å². The van der Waals surface area contributed by atoms with Gasteiger partial charge >= 0.3 is 0 Å². The number of carbonyl (C=O) groups is 2. The van der Waals surface area contributed by atoms with Gasteiger partial charge in [-0.15, -0.1) is 0 Å². The lowest BCUT2D eigenvalue weighted by Gasteiger charge is -2.29. The van der Waals surface area contributed by atoms with E-state index < -0.39 is 5.91 Å². The Labute approximate surface area is 105 Å². The van der Waals surface area contributed by atoms with Crippen molar-refractivity contribution in [1.29, 1.82) is 0 Å². The fourth-order valence-electron chi connectivity index (χ4n) is 1.95. The molecule has 1 aliphatic rings. The highest BCUT2D eigenvalue weighted by Gasteiger charge is 2.20. The van der Waals surface area contributed by atoms with Gasteiger partial charge in [0.25, 0.3) is 5.91 Å². The number of furan rings is 1. The molecular formula is C12H17N3O3. The molecule has 2 rings (SSSR count). The molecule has 98 valence electrons. The van der Waals surface area contributed by atoms with Crippen molar-refractivity contribution in [2.45, 2.75) is 18.9 Å². The highest BCUT2D eigenvalue weighted by atomic mass is 16.3. The summed E-state index contributed by atoms with van der Waals surface area (Å²) in [5.74, 6) is -0.672. The third-order valence-electron chi connectivity index (χ3n) is 3.00. The number of nitrogens with zero attached hydrogens (tertiary/aromatic N) is 1.